The molecule has 3 aromatic heterocycles. The average Bonchev–Trinajstić information content (AvgIpc) is 2.95. The van der Waals surface area contributed by atoms with Gasteiger partial charge in [0, 0.05) is 30.5 Å². The second kappa shape index (κ2) is 5.75. The molecule has 0 aliphatic heterocycles. The van der Waals surface area contributed by atoms with Gasteiger partial charge in [-0.05, 0) is 29.8 Å². The number of benzene rings is 1. The minimum Gasteiger partial charge on any atom is -0.478 e. The standard InChI is InChI=1S/C18H12ClN3O3/c19-12-6-11-5-10(1-2-14(11)21-7-12)8-22-9-13(18(24)25)16-15(22)3-4-20-17(16)23/h1-7,9H,8H2,(H,20,23)(H,24,25). The van der Waals surface area contributed by atoms with E-state index in [2.05, 4.69) is 9.97 Å². The summed E-state index contributed by atoms with van der Waals surface area (Å²) in [5.74, 6) is -1.13. The Morgan fingerprint density at radius 2 is 2.12 bits per heavy atom. The van der Waals surface area contributed by atoms with Crippen LogP contribution in [0.1, 0.15) is 15.9 Å². The number of aromatic amines is 1. The Labute approximate surface area is 146 Å². The number of hydrogen-bond acceptors (Lipinski definition) is 3. The first-order chi connectivity index (χ1) is 12.0. The summed E-state index contributed by atoms with van der Waals surface area (Å²) in [5.41, 5.74) is 1.93. The van der Waals surface area contributed by atoms with E-state index < -0.39 is 11.5 Å². The van der Waals surface area contributed by atoms with Gasteiger partial charge in [-0.1, -0.05) is 17.7 Å². The lowest BCUT2D eigenvalue weighted by atomic mass is 10.1. The summed E-state index contributed by atoms with van der Waals surface area (Å²) in [6.45, 7) is 0.426. The second-order valence-electron chi connectivity index (χ2n) is 5.72. The molecule has 0 spiro atoms. The highest BCUT2D eigenvalue weighted by atomic mass is 35.5. The second-order valence-corrected chi connectivity index (χ2v) is 6.16. The molecule has 0 unspecified atom stereocenters. The molecule has 4 aromatic rings. The molecule has 7 heteroatoms. The summed E-state index contributed by atoms with van der Waals surface area (Å²) >= 11 is 5.99. The molecule has 25 heavy (non-hydrogen) atoms. The minimum absolute atomic E-state index is 0.0117. The molecule has 0 atom stereocenters. The fourth-order valence-corrected chi connectivity index (χ4v) is 3.17. The predicted octanol–water partition coefficient (Wildman–Crippen LogP) is 3.28. The molecule has 0 bridgehead atoms. The van der Waals surface area contributed by atoms with Gasteiger partial charge in [-0.2, -0.15) is 0 Å². The van der Waals surface area contributed by atoms with Crippen LogP contribution in [-0.2, 0) is 6.54 Å². The Morgan fingerprint density at radius 3 is 2.92 bits per heavy atom. The van der Waals surface area contributed by atoms with Gasteiger partial charge >= 0.3 is 5.97 Å². The Balaban J connectivity index is 1.85. The van der Waals surface area contributed by atoms with Crippen molar-refractivity contribution in [2.75, 3.05) is 0 Å². The number of aromatic carboxylic acids is 1. The molecular weight excluding hydrogens is 342 g/mol. The number of carboxylic acid groups (broad SMARTS) is 1. The lowest BCUT2D eigenvalue weighted by Gasteiger charge is -2.07. The van der Waals surface area contributed by atoms with Gasteiger partial charge in [0.25, 0.3) is 5.56 Å². The highest BCUT2D eigenvalue weighted by Gasteiger charge is 2.17. The number of hydrogen-bond donors (Lipinski definition) is 2. The topological polar surface area (TPSA) is 88.0 Å². The van der Waals surface area contributed by atoms with Crippen molar-refractivity contribution in [1.29, 1.82) is 0 Å². The molecule has 0 aliphatic rings. The zero-order valence-electron chi connectivity index (χ0n) is 12.9. The third-order valence-corrected chi connectivity index (χ3v) is 4.30. The molecule has 1 aromatic carbocycles. The van der Waals surface area contributed by atoms with Crippen LogP contribution in [0.3, 0.4) is 0 Å². The number of pyridine rings is 2. The molecular formula is C18H12ClN3O3. The molecule has 0 saturated heterocycles. The Kier molecular flexibility index (Phi) is 3.54. The van der Waals surface area contributed by atoms with Crippen LogP contribution in [0.2, 0.25) is 5.02 Å². The van der Waals surface area contributed by atoms with Gasteiger partial charge in [-0.15, -0.1) is 0 Å². The Morgan fingerprint density at radius 1 is 1.28 bits per heavy atom. The highest BCUT2D eigenvalue weighted by molar-refractivity contribution is 6.31. The fraction of sp³-hybridized carbons (Fsp3) is 0.0556. The largest absolute Gasteiger partial charge is 0.478 e. The summed E-state index contributed by atoms with van der Waals surface area (Å²) in [6.07, 6.45) is 4.59. The number of carbonyl (C=O) groups is 1. The van der Waals surface area contributed by atoms with E-state index in [0.717, 1.165) is 16.5 Å². The number of nitrogens with one attached hydrogen (secondary N) is 1. The van der Waals surface area contributed by atoms with Crippen LogP contribution in [-0.4, -0.2) is 25.6 Å². The zero-order chi connectivity index (χ0) is 17.6. The first-order valence-corrected chi connectivity index (χ1v) is 7.89. The van der Waals surface area contributed by atoms with Crippen molar-refractivity contribution in [2.45, 2.75) is 6.54 Å². The van der Waals surface area contributed by atoms with E-state index >= 15 is 0 Å². The van der Waals surface area contributed by atoms with Gasteiger partial charge < -0.3 is 14.7 Å². The molecule has 124 valence electrons. The van der Waals surface area contributed by atoms with E-state index in [9.17, 15) is 14.7 Å². The predicted molar refractivity (Wildman–Crippen MR) is 95.4 cm³/mol. The summed E-state index contributed by atoms with van der Waals surface area (Å²) in [6, 6.07) is 9.28. The van der Waals surface area contributed by atoms with Crippen LogP contribution in [0.15, 0.2) is 53.7 Å². The molecule has 0 radical (unpaired) electrons. The van der Waals surface area contributed by atoms with Crippen LogP contribution in [0.5, 0.6) is 0 Å². The van der Waals surface area contributed by atoms with Crippen molar-refractivity contribution in [2.24, 2.45) is 0 Å². The molecule has 2 N–H and O–H groups in total. The quantitative estimate of drug-likeness (QED) is 0.591. The minimum atomic E-state index is -1.13. The maximum atomic E-state index is 12.0. The van der Waals surface area contributed by atoms with Gasteiger partial charge in [-0.25, -0.2) is 4.79 Å². The highest BCUT2D eigenvalue weighted by Crippen LogP contribution is 2.22. The monoisotopic (exact) mass is 353 g/mol. The van der Waals surface area contributed by atoms with Crippen molar-refractivity contribution in [3.8, 4) is 0 Å². The summed E-state index contributed by atoms with van der Waals surface area (Å²) in [7, 11) is 0. The summed E-state index contributed by atoms with van der Waals surface area (Å²) < 4.78 is 1.76. The molecule has 0 amide bonds. The van der Waals surface area contributed by atoms with E-state index in [-0.39, 0.29) is 10.9 Å². The number of carboxylic acids is 1. The fourth-order valence-electron chi connectivity index (χ4n) is 3.00. The van der Waals surface area contributed by atoms with Gasteiger partial charge in [0.2, 0.25) is 0 Å². The molecule has 0 fully saturated rings. The third kappa shape index (κ3) is 2.66. The Hall–Kier alpha value is -3.12. The smallest absolute Gasteiger partial charge is 0.338 e. The zero-order valence-corrected chi connectivity index (χ0v) is 13.6. The van der Waals surface area contributed by atoms with Crippen molar-refractivity contribution in [3.63, 3.8) is 0 Å². The summed E-state index contributed by atoms with van der Waals surface area (Å²) in [5, 5.41) is 11.0. The maximum absolute atomic E-state index is 12.0. The van der Waals surface area contributed by atoms with E-state index in [0.29, 0.717) is 17.1 Å². The molecule has 6 nitrogen and oxygen atoms in total. The third-order valence-electron chi connectivity index (χ3n) is 4.10. The molecule has 0 saturated carbocycles. The lowest BCUT2D eigenvalue weighted by molar-refractivity contribution is 0.0698. The molecule has 3 heterocycles. The van der Waals surface area contributed by atoms with Crippen molar-refractivity contribution < 1.29 is 9.90 Å². The number of halogens is 1. The summed E-state index contributed by atoms with van der Waals surface area (Å²) in [4.78, 5) is 30.3. The number of fused-ring (bicyclic) bond motifs is 2. The Bertz CT molecular complexity index is 1190. The van der Waals surface area contributed by atoms with E-state index in [1.165, 1.54) is 12.4 Å². The number of H-pyrrole nitrogens is 1. The number of aromatic nitrogens is 3. The van der Waals surface area contributed by atoms with Crippen molar-refractivity contribution in [3.05, 3.63) is 75.4 Å². The lowest BCUT2D eigenvalue weighted by Crippen LogP contribution is -2.08. The SMILES string of the molecule is O=C(O)c1cn(Cc2ccc3ncc(Cl)cc3c2)c2cc[nH]c(=O)c12. The van der Waals surface area contributed by atoms with Gasteiger partial charge in [0.1, 0.15) is 0 Å². The van der Waals surface area contributed by atoms with Crippen LogP contribution < -0.4 is 5.56 Å². The van der Waals surface area contributed by atoms with Gasteiger partial charge in [0.15, 0.2) is 0 Å². The average molecular weight is 354 g/mol. The van der Waals surface area contributed by atoms with Crippen LogP contribution in [0.25, 0.3) is 21.8 Å². The van der Waals surface area contributed by atoms with Crippen molar-refractivity contribution >= 4 is 39.4 Å². The maximum Gasteiger partial charge on any atom is 0.338 e. The first kappa shape index (κ1) is 15.4. The van der Waals surface area contributed by atoms with Gasteiger partial charge in [-0.3, -0.25) is 9.78 Å². The van der Waals surface area contributed by atoms with E-state index in [4.69, 9.17) is 11.6 Å². The first-order valence-electron chi connectivity index (χ1n) is 7.51. The van der Waals surface area contributed by atoms with Crippen LogP contribution in [0, 0.1) is 0 Å². The molecule has 4 rings (SSSR count). The van der Waals surface area contributed by atoms with E-state index in [1.54, 1.807) is 16.8 Å². The van der Waals surface area contributed by atoms with E-state index in [1.807, 2.05) is 24.3 Å². The normalized spacial score (nSPS) is 11.2. The van der Waals surface area contributed by atoms with Crippen LogP contribution >= 0.6 is 11.6 Å². The van der Waals surface area contributed by atoms with Gasteiger partial charge in [0.05, 0.1) is 27.0 Å². The van der Waals surface area contributed by atoms with Crippen molar-refractivity contribution in [1.82, 2.24) is 14.5 Å². The number of nitrogens with zero attached hydrogens (tertiary/aromatic N) is 2. The molecule has 0 aliphatic carbocycles. The van der Waals surface area contributed by atoms with Crippen LogP contribution in [0.4, 0.5) is 0 Å². The number of rotatable bonds is 3.